The van der Waals surface area contributed by atoms with Crippen LogP contribution in [0.5, 0.6) is 5.75 Å². The van der Waals surface area contributed by atoms with Crippen molar-refractivity contribution in [2.45, 2.75) is 19.3 Å². The highest BCUT2D eigenvalue weighted by Gasteiger charge is 2.22. The molecule has 1 aromatic rings. The number of carbonyl (C=O) groups is 1. The molecule has 1 aliphatic heterocycles. The Morgan fingerprint density at radius 3 is 2.84 bits per heavy atom. The van der Waals surface area contributed by atoms with E-state index in [2.05, 4.69) is 10.6 Å². The molecule has 0 aliphatic carbocycles. The first-order valence-electron chi connectivity index (χ1n) is 8.13. The van der Waals surface area contributed by atoms with Gasteiger partial charge in [0.25, 0.3) is 0 Å². The molecule has 1 aromatic carbocycles. The van der Waals surface area contributed by atoms with Gasteiger partial charge in [-0.05, 0) is 50.6 Å². The van der Waals surface area contributed by atoms with Crippen molar-refractivity contribution in [3.05, 3.63) is 23.2 Å². The lowest BCUT2D eigenvalue weighted by atomic mass is 9.98. The summed E-state index contributed by atoms with van der Waals surface area (Å²) in [6.07, 6.45) is 2.76. The molecule has 1 unspecified atom stereocenters. The number of piperidine rings is 1. The van der Waals surface area contributed by atoms with E-state index >= 15 is 0 Å². The molecule has 8 heteroatoms. The van der Waals surface area contributed by atoms with E-state index in [-0.39, 0.29) is 30.7 Å². The lowest BCUT2D eigenvalue weighted by Crippen LogP contribution is -2.42. The number of nitrogens with one attached hydrogen (secondary N) is 2. The number of ether oxygens (including phenoxy) is 1. The molecule has 1 atom stereocenters. The van der Waals surface area contributed by atoms with Crippen LogP contribution in [0.25, 0.3) is 0 Å². The van der Waals surface area contributed by atoms with Gasteiger partial charge in [-0.3, -0.25) is 4.79 Å². The quantitative estimate of drug-likeness (QED) is 0.720. The lowest BCUT2D eigenvalue weighted by molar-refractivity contribution is -0.132. The summed E-state index contributed by atoms with van der Waals surface area (Å²) in [4.78, 5) is 14.4. The van der Waals surface area contributed by atoms with E-state index in [1.54, 1.807) is 13.2 Å². The summed E-state index contributed by atoms with van der Waals surface area (Å²) in [6.45, 7) is 3.28. The van der Waals surface area contributed by atoms with Gasteiger partial charge in [-0.2, -0.15) is 0 Å². The number of carbonyl (C=O) groups excluding carboxylic acids is 1. The zero-order chi connectivity index (χ0) is 16.7. The zero-order valence-electron chi connectivity index (χ0n) is 14.7. The number of methoxy groups -OCH3 is 1. The minimum absolute atomic E-state index is 0. The minimum atomic E-state index is 0. The van der Waals surface area contributed by atoms with Crippen LogP contribution in [0.3, 0.4) is 0 Å². The fourth-order valence-electron chi connectivity index (χ4n) is 3.03. The summed E-state index contributed by atoms with van der Waals surface area (Å²) in [6, 6.07) is 5.42. The molecule has 1 heterocycles. The summed E-state index contributed by atoms with van der Waals surface area (Å²) >= 11 is 6.01. The molecule has 1 amide bonds. The SMILES string of the molecule is CNCC1CCCN(C(=O)CCNc2cc(Cl)ccc2OC)C1.Cl.Cl. The second kappa shape index (κ2) is 12.5. The summed E-state index contributed by atoms with van der Waals surface area (Å²) in [5.41, 5.74) is 0.819. The van der Waals surface area contributed by atoms with E-state index in [1.165, 1.54) is 6.42 Å². The number of amides is 1. The first kappa shape index (κ1) is 24.1. The van der Waals surface area contributed by atoms with Gasteiger partial charge in [0.1, 0.15) is 5.75 Å². The van der Waals surface area contributed by atoms with Crippen LogP contribution in [0.4, 0.5) is 5.69 Å². The number of nitrogens with zero attached hydrogens (tertiary/aromatic N) is 1. The Morgan fingerprint density at radius 2 is 2.16 bits per heavy atom. The molecule has 0 aromatic heterocycles. The van der Waals surface area contributed by atoms with Gasteiger partial charge < -0.3 is 20.3 Å². The summed E-state index contributed by atoms with van der Waals surface area (Å²) in [7, 11) is 3.58. The van der Waals surface area contributed by atoms with Crippen LogP contribution in [-0.2, 0) is 4.79 Å². The molecule has 2 N–H and O–H groups in total. The molecular weight excluding hydrogens is 385 g/mol. The molecule has 25 heavy (non-hydrogen) atoms. The first-order chi connectivity index (χ1) is 11.1. The molecule has 2 rings (SSSR count). The Morgan fingerprint density at radius 1 is 1.40 bits per heavy atom. The Bertz CT molecular complexity index is 530. The van der Waals surface area contributed by atoms with Crippen LogP contribution in [0, 0.1) is 5.92 Å². The van der Waals surface area contributed by atoms with Crippen molar-refractivity contribution in [3.8, 4) is 5.75 Å². The fourth-order valence-corrected chi connectivity index (χ4v) is 3.20. The number of anilines is 1. The Hall–Kier alpha value is -0.880. The van der Waals surface area contributed by atoms with Gasteiger partial charge in [0.2, 0.25) is 5.91 Å². The van der Waals surface area contributed by atoms with Crippen molar-refractivity contribution < 1.29 is 9.53 Å². The summed E-state index contributed by atoms with van der Waals surface area (Å²) in [5, 5.41) is 7.09. The topological polar surface area (TPSA) is 53.6 Å². The molecule has 0 radical (unpaired) electrons. The molecule has 0 saturated carbocycles. The van der Waals surface area contributed by atoms with Gasteiger partial charge >= 0.3 is 0 Å². The van der Waals surface area contributed by atoms with Crippen LogP contribution >= 0.6 is 36.4 Å². The molecule has 1 fully saturated rings. The third kappa shape index (κ3) is 7.48. The van der Waals surface area contributed by atoms with E-state index in [9.17, 15) is 4.79 Å². The Balaban J connectivity index is 0.00000288. The number of hydrogen-bond donors (Lipinski definition) is 2. The second-order valence-electron chi connectivity index (χ2n) is 5.93. The molecule has 5 nitrogen and oxygen atoms in total. The third-order valence-electron chi connectivity index (χ3n) is 4.18. The van der Waals surface area contributed by atoms with Crippen LogP contribution in [-0.4, -0.2) is 51.1 Å². The highest BCUT2D eigenvalue weighted by molar-refractivity contribution is 6.30. The van der Waals surface area contributed by atoms with Gasteiger partial charge in [-0.15, -0.1) is 24.8 Å². The molecule has 0 spiro atoms. The maximum atomic E-state index is 12.4. The van der Waals surface area contributed by atoms with Gasteiger partial charge in [0.15, 0.2) is 0 Å². The van der Waals surface area contributed by atoms with E-state index in [0.717, 1.165) is 37.5 Å². The van der Waals surface area contributed by atoms with E-state index in [1.807, 2.05) is 24.1 Å². The van der Waals surface area contributed by atoms with E-state index in [0.29, 0.717) is 23.9 Å². The fraction of sp³-hybridized carbons (Fsp3) is 0.588. The average Bonchev–Trinajstić information content (AvgIpc) is 2.55. The highest BCUT2D eigenvalue weighted by Crippen LogP contribution is 2.27. The Labute approximate surface area is 167 Å². The van der Waals surface area contributed by atoms with Gasteiger partial charge in [-0.1, -0.05) is 11.6 Å². The van der Waals surface area contributed by atoms with Crippen molar-refractivity contribution in [1.29, 1.82) is 0 Å². The maximum absolute atomic E-state index is 12.4. The number of benzene rings is 1. The highest BCUT2D eigenvalue weighted by atomic mass is 35.5. The third-order valence-corrected chi connectivity index (χ3v) is 4.42. The van der Waals surface area contributed by atoms with Crippen LogP contribution < -0.4 is 15.4 Å². The average molecular weight is 413 g/mol. The second-order valence-corrected chi connectivity index (χ2v) is 6.36. The lowest BCUT2D eigenvalue weighted by Gasteiger charge is -2.32. The number of halogens is 3. The minimum Gasteiger partial charge on any atom is -0.495 e. The molecule has 0 bridgehead atoms. The largest absolute Gasteiger partial charge is 0.495 e. The maximum Gasteiger partial charge on any atom is 0.224 e. The monoisotopic (exact) mass is 411 g/mol. The van der Waals surface area contributed by atoms with Crippen molar-refractivity contribution in [1.82, 2.24) is 10.2 Å². The van der Waals surface area contributed by atoms with Crippen molar-refractivity contribution >= 4 is 48.0 Å². The Kier molecular flexibility index (Phi) is 12.0. The first-order valence-corrected chi connectivity index (χ1v) is 8.51. The smallest absolute Gasteiger partial charge is 0.224 e. The zero-order valence-corrected chi connectivity index (χ0v) is 17.1. The normalized spacial score (nSPS) is 16.4. The predicted octanol–water partition coefficient (Wildman–Crippen LogP) is 3.45. The van der Waals surface area contributed by atoms with Crippen LogP contribution in [0.15, 0.2) is 18.2 Å². The van der Waals surface area contributed by atoms with Gasteiger partial charge in [0.05, 0.1) is 12.8 Å². The molecule has 1 saturated heterocycles. The number of rotatable bonds is 7. The predicted molar refractivity (Wildman–Crippen MR) is 109 cm³/mol. The number of hydrogen-bond acceptors (Lipinski definition) is 4. The van der Waals surface area contributed by atoms with Crippen molar-refractivity contribution in [2.24, 2.45) is 5.92 Å². The summed E-state index contributed by atoms with van der Waals surface area (Å²) in [5.74, 6) is 1.51. The van der Waals surface area contributed by atoms with E-state index < -0.39 is 0 Å². The number of likely N-dealkylation sites (tertiary alicyclic amines) is 1. The van der Waals surface area contributed by atoms with E-state index in [4.69, 9.17) is 16.3 Å². The van der Waals surface area contributed by atoms with Crippen molar-refractivity contribution in [3.63, 3.8) is 0 Å². The standard InChI is InChI=1S/C17H26ClN3O2.2ClH/c1-19-11-13-4-3-9-21(12-13)17(22)7-8-20-15-10-14(18)5-6-16(15)23-2;;/h5-6,10,13,19-20H,3-4,7-9,11-12H2,1-2H3;2*1H. The summed E-state index contributed by atoms with van der Waals surface area (Å²) < 4.78 is 5.29. The molecule has 144 valence electrons. The van der Waals surface area contributed by atoms with Gasteiger partial charge in [0, 0.05) is 31.1 Å². The van der Waals surface area contributed by atoms with Crippen LogP contribution in [0.2, 0.25) is 5.02 Å². The molecular formula is C17H28Cl3N3O2. The molecule has 1 aliphatic rings. The van der Waals surface area contributed by atoms with Crippen molar-refractivity contribution in [2.75, 3.05) is 45.7 Å². The van der Waals surface area contributed by atoms with Gasteiger partial charge in [-0.25, -0.2) is 0 Å². The van der Waals surface area contributed by atoms with Crippen LogP contribution in [0.1, 0.15) is 19.3 Å².